The lowest BCUT2D eigenvalue weighted by Crippen LogP contribution is -2.33. The van der Waals surface area contributed by atoms with Crippen LogP contribution in [0.1, 0.15) is 28.8 Å². The lowest BCUT2D eigenvalue weighted by molar-refractivity contribution is -0.125. The molecule has 4 rings (SSSR count). The van der Waals surface area contributed by atoms with Gasteiger partial charge in [0.25, 0.3) is 0 Å². The van der Waals surface area contributed by atoms with Crippen LogP contribution in [-0.2, 0) is 22.4 Å². The van der Waals surface area contributed by atoms with Crippen molar-refractivity contribution in [2.24, 2.45) is 0 Å². The third-order valence-corrected chi connectivity index (χ3v) is 6.37. The Hall–Kier alpha value is -2.44. The lowest BCUT2D eigenvalue weighted by atomic mass is 10.0. The molecule has 4 heterocycles. The van der Waals surface area contributed by atoms with E-state index in [1.54, 1.807) is 29.7 Å². The Morgan fingerprint density at radius 2 is 2.25 bits per heavy atom. The van der Waals surface area contributed by atoms with Crippen LogP contribution in [0.25, 0.3) is 6.08 Å². The predicted molar refractivity (Wildman–Crippen MR) is 113 cm³/mol. The molecule has 2 aromatic rings. The minimum absolute atomic E-state index is 0.00246. The van der Waals surface area contributed by atoms with Gasteiger partial charge in [-0.1, -0.05) is 23.3 Å². The zero-order valence-electron chi connectivity index (χ0n) is 15.3. The standard InChI is InChI=1S/C21H20ClN3O2S/c22-17-7-10-28-18(17)12-14-5-8-25(9-6-14)20(27)4-1-15-11-16-2-3-19(26)24-21(16)23-13-15/h1,4-5,7,10-11,13H,2-3,6,8-9,12H2,(H,23,24,26)/b4-1+. The highest BCUT2D eigenvalue weighted by atomic mass is 35.5. The Balaban J connectivity index is 1.35. The van der Waals surface area contributed by atoms with E-state index in [0.29, 0.717) is 31.7 Å². The summed E-state index contributed by atoms with van der Waals surface area (Å²) >= 11 is 7.85. The normalized spacial score (nSPS) is 16.7. The van der Waals surface area contributed by atoms with Gasteiger partial charge in [0.15, 0.2) is 0 Å². The zero-order chi connectivity index (χ0) is 19.5. The summed E-state index contributed by atoms with van der Waals surface area (Å²) in [6, 6.07) is 3.90. The number of anilines is 1. The second-order valence-electron chi connectivity index (χ2n) is 6.92. The van der Waals surface area contributed by atoms with Crippen molar-refractivity contribution in [3.63, 3.8) is 0 Å². The molecule has 0 saturated carbocycles. The second kappa shape index (κ2) is 8.29. The van der Waals surface area contributed by atoms with Gasteiger partial charge >= 0.3 is 0 Å². The van der Waals surface area contributed by atoms with E-state index in [2.05, 4.69) is 16.4 Å². The van der Waals surface area contributed by atoms with Crippen molar-refractivity contribution in [2.75, 3.05) is 18.4 Å². The molecule has 0 radical (unpaired) electrons. The minimum atomic E-state index is -0.00419. The fraction of sp³-hybridized carbons (Fsp3) is 0.286. The molecule has 0 aromatic carbocycles. The van der Waals surface area contributed by atoms with Gasteiger partial charge in [0, 0.05) is 43.1 Å². The smallest absolute Gasteiger partial charge is 0.246 e. The number of rotatable bonds is 4. The molecular weight excluding hydrogens is 394 g/mol. The van der Waals surface area contributed by atoms with Crippen LogP contribution in [0.2, 0.25) is 5.02 Å². The largest absolute Gasteiger partial charge is 0.335 e. The predicted octanol–water partition coefficient (Wildman–Crippen LogP) is 4.10. The molecule has 0 aliphatic carbocycles. The van der Waals surface area contributed by atoms with E-state index in [-0.39, 0.29) is 11.8 Å². The van der Waals surface area contributed by atoms with Crippen molar-refractivity contribution in [3.8, 4) is 0 Å². The van der Waals surface area contributed by atoms with E-state index in [1.807, 2.05) is 22.4 Å². The van der Waals surface area contributed by atoms with Crippen molar-refractivity contribution in [3.05, 3.63) is 62.5 Å². The van der Waals surface area contributed by atoms with Crippen LogP contribution < -0.4 is 5.32 Å². The highest BCUT2D eigenvalue weighted by molar-refractivity contribution is 7.10. The van der Waals surface area contributed by atoms with Gasteiger partial charge in [-0.3, -0.25) is 9.59 Å². The Kier molecular flexibility index (Phi) is 5.59. The zero-order valence-corrected chi connectivity index (χ0v) is 16.9. The number of hydrogen-bond donors (Lipinski definition) is 1. The molecule has 2 aliphatic rings. The van der Waals surface area contributed by atoms with Crippen LogP contribution in [0.4, 0.5) is 5.82 Å². The fourth-order valence-corrected chi connectivity index (χ4v) is 4.52. The first-order valence-electron chi connectivity index (χ1n) is 9.24. The van der Waals surface area contributed by atoms with E-state index in [0.717, 1.165) is 29.0 Å². The van der Waals surface area contributed by atoms with Crippen molar-refractivity contribution < 1.29 is 9.59 Å². The summed E-state index contributed by atoms with van der Waals surface area (Å²) in [5.41, 5.74) is 3.20. The molecule has 1 N–H and O–H groups in total. The van der Waals surface area contributed by atoms with Gasteiger partial charge in [-0.15, -0.1) is 11.3 Å². The average Bonchev–Trinajstić information content (AvgIpc) is 3.11. The van der Waals surface area contributed by atoms with Gasteiger partial charge in [0.05, 0.1) is 5.02 Å². The van der Waals surface area contributed by atoms with Gasteiger partial charge in [-0.2, -0.15) is 0 Å². The van der Waals surface area contributed by atoms with E-state index in [1.165, 1.54) is 10.5 Å². The number of amides is 2. The SMILES string of the molecule is O=C1CCc2cc(/C=C/C(=O)N3CC=C(Cc4sccc4Cl)CC3)cnc2N1. The van der Waals surface area contributed by atoms with E-state index in [9.17, 15) is 9.59 Å². The molecule has 144 valence electrons. The van der Waals surface area contributed by atoms with Crippen LogP contribution in [0, 0.1) is 0 Å². The van der Waals surface area contributed by atoms with Gasteiger partial charge in [-0.05, 0) is 47.6 Å². The summed E-state index contributed by atoms with van der Waals surface area (Å²) in [7, 11) is 0. The Morgan fingerprint density at radius 3 is 3.00 bits per heavy atom. The number of nitrogens with one attached hydrogen (secondary N) is 1. The van der Waals surface area contributed by atoms with Crippen molar-refractivity contribution in [1.29, 1.82) is 0 Å². The summed E-state index contributed by atoms with van der Waals surface area (Å²) in [5, 5.41) is 5.59. The molecule has 2 aliphatic heterocycles. The Morgan fingerprint density at radius 1 is 1.36 bits per heavy atom. The molecule has 0 atom stereocenters. The Bertz CT molecular complexity index is 980. The number of fused-ring (bicyclic) bond motifs is 1. The molecule has 0 saturated heterocycles. The molecule has 0 bridgehead atoms. The topological polar surface area (TPSA) is 62.3 Å². The minimum Gasteiger partial charge on any atom is -0.335 e. The highest BCUT2D eigenvalue weighted by Gasteiger charge is 2.17. The van der Waals surface area contributed by atoms with Crippen LogP contribution in [0.5, 0.6) is 0 Å². The van der Waals surface area contributed by atoms with Gasteiger partial charge in [0.1, 0.15) is 5.82 Å². The highest BCUT2D eigenvalue weighted by Crippen LogP contribution is 2.27. The van der Waals surface area contributed by atoms with Crippen LogP contribution in [-0.4, -0.2) is 34.8 Å². The van der Waals surface area contributed by atoms with Crippen LogP contribution >= 0.6 is 22.9 Å². The molecule has 0 spiro atoms. The summed E-state index contributed by atoms with van der Waals surface area (Å²) in [6.45, 7) is 1.34. The maximum atomic E-state index is 12.5. The van der Waals surface area contributed by atoms with Crippen molar-refractivity contribution in [2.45, 2.75) is 25.7 Å². The number of carbonyl (C=O) groups is 2. The molecule has 5 nitrogen and oxygen atoms in total. The maximum Gasteiger partial charge on any atom is 0.246 e. The van der Waals surface area contributed by atoms with Crippen molar-refractivity contribution >= 4 is 46.6 Å². The van der Waals surface area contributed by atoms with Crippen LogP contribution in [0.15, 0.2) is 41.4 Å². The number of thiophene rings is 1. The number of hydrogen-bond acceptors (Lipinski definition) is 4. The quantitative estimate of drug-likeness (QED) is 0.606. The first kappa shape index (κ1) is 18.9. The van der Waals surface area contributed by atoms with E-state index >= 15 is 0 Å². The number of aromatic nitrogens is 1. The number of aryl methyl sites for hydroxylation is 1. The molecule has 2 amide bonds. The molecular formula is C21H20ClN3O2S. The fourth-order valence-electron chi connectivity index (χ4n) is 3.37. The number of nitrogens with zero attached hydrogens (tertiary/aromatic N) is 2. The monoisotopic (exact) mass is 413 g/mol. The average molecular weight is 414 g/mol. The third-order valence-electron chi connectivity index (χ3n) is 4.98. The molecule has 0 unspecified atom stereocenters. The van der Waals surface area contributed by atoms with Crippen molar-refractivity contribution in [1.82, 2.24) is 9.88 Å². The molecule has 7 heteroatoms. The number of halogens is 1. The van der Waals surface area contributed by atoms with Gasteiger partial charge < -0.3 is 10.2 Å². The molecule has 2 aromatic heterocycles. The molecule has 28 heavy (non-hydrogen) atoms. The number of pyridine rings is 1. The third kappa shape index (κ3) is 4.34. The first-order valence-corrected chi connectivity index (χ1v) is 10.5. The summed E-state index contributed by atoms with van der Waals surface area (Å²) in [6.07, 6.45) is 10.1. The van der Waals surface area contributed by atoms with Crippen LogP contribution in [0.3, 0.4) is 0 Å². The van der Waals surface area contributed by atoms with Gasteiger partial charge in [-0.25, -0.2) is 4.98 Å². The lowest BCUT2D eigenvalue weighted by Gasteiger charge is -2.25. The second-order valence-corrected chi connectivity index (χ2v) is 8.33. The Labute approximate surface area is 172 Å². The first-order chi connectivity index (χ1) is 13.6. The van der Waals surface area contributed by atoms with Gasteiger partial charge in [0.2, 0.25) is 11.8 Å². The van der Waals surface area contributed by atoms with E-state index in [4.69, 9.17) is 11.6 Å². The maximum absolute atomic E-state index is 12.5. The number of carbonyl (C=O) groups excluding carboxylic acids is 2. The summed E-state index contributed by atoms with van der Waals surface area (Å²) in [5.74, 6) is 0.618. The van der Waals surface area contributed by atoms with E-state index < -0.39 is 0 Å². The molecule has 0 fully saturated rings. The summed E-state index contributed by atoms with van der Waals surface area (Å²) in [4.78, 5) is 31.2. The summed E-state index contributed by atoms with van der Waals surface area (Å²) < 4.78 is 0.